The smallest absolute Gasteiger partial charge is 0.250 e. The second-order valence-electron chi connectivity index (χ2n) is 3.91. The van der Waals surface area contributed by atoms with E-state index in [-0.39, 0.29) is 17.6 Å². The first-order valence-corrected chi connectivity index (χ1v) is 8.14. The molecule has 118 valence electrons. The highest BCUT2D eigenvalue weighted by atomic mass is 35.6. The van der Waals surface area contributed by atoms with Crippen LogP contribution in [0.15, 0.2) is 24.3 Å². The third-order valence-electron chi connectivity index (χ3n) is 2.26. The minimum absolute atomic E-state index is 0.0192. The number of para-hydroxylation sites is 1. The van der Waals surface area contributed by atoms with Gasteiger partial charge >= 0.3 is 0 Å². The van der Waals surface area contributed by atoms with Gasteiger partial charge < -0.3 is 5.32 Å². The average molecular weight is 441 g/mol. The summed E-state index contributed by atoms with van der Waals surface area (Å²) in [6.45, 7) is 0. The molecule has 0 aliphatic carbocycles. The molecule has 0 spiro atoms. The van der Waals surface area contributed by atoms with Crippen molar-refractivity contribution < 1.29 is 0 Å². The Balaban J connectivity index is 2.49. The first-order valence-electron chi connectivity index (χ1n) is 5.49. The van der Waals surface area contributed by atoms with Crippen LogP contribution in [-0.4, -0.2) is 15.0 Å². The summed E-state index contributed by atoms with van der Waals surface area (Å²) in [6, 6.07) is 6.91. The summed E-state index contributed by atoms with van der Waals surface area (Å²) in [6.07, 6.45) is 0. The summed E-state index contributed by atoms with van der Waals surface area (Å²) in [5.41, 5.74) is 0.529. The monoisotopic (exact) mass is 438 g/mol. The van der Waals surface area contributed by atoms with Gasteiger partial charge in [0, 0.05) is 0 Å². The van der Waals surface area contributed by atoms with Gasteiger partial charge in [-0.1, -0.05) is 93.3 Å². The fourth-order valence-corrected chi connectivity index (χ4v) is 2.06. The number of aromatic nitrogens is 3. The molecule has 0 saturated heterocycles. The van der Waals surface area contributed by atoms with E-state index < -0.39 is 7.59 Å². The van der Waals surface area contributed by atoms with Crippen molar-refractivity contribution in [2.45, 2.75) is 7.59 Å². The highest BCUT2D eigenvalue weighted by molar-refractivity contribution is 6.67. The van der Waals surface area contributed by atoms with Crippen LogP contribution in [0.25, 0.3) is 0 Å². The van der Waals surface area contributed by atoms with Gasteiger partial charge in [-0.3, -0.25) is 0 Å². The van der Waals surface area contributed by atoms with E-state index in [4.69, 9.17) is 81.2 Å². The third kappa shape index (κ3) is 4.78. The molecule has 0 radical (unpaired) electrons. The van der Waals surface area contributed by atoms with Gasteiger partial charge in [0.2, 0.25) is 13.5 Å². The number of nitrogens with one attached hydrogen (secondary N) is 1. The molecule has 0 atom stereocenters. The molecule has 4 nitrogen and oxygen atoms in total. The van der Waals surface area contributed by atoms with Crippen LogP contribution in [0.5, 0.6) is 0 Å². The number of nitrogens with zero attached hydrogens (tertiary/aromatic N) is 3. The summed E-state index contributed by atoms with van der Waals surface area (Å²) in [5, 5.41) is 3.29. The Kier molecular flexibility index (Phi) is 5.77. The van der Waals surface area contributed by atoms with E-state index >= 15 is 0 Å². The minimum Gasteiger partial charge on any atom is -0.323 e. The second kappa shape index (κ2) is 6.89. The topological polar surface area (TPSA) is 50.7 Å². The van der Waals surface area contributed by atoms with Gasteiger partial charge in [-0.15, -0.1) is 0 Å². The summed E-state index contributed by atoms with van der Waals surface area (Å²) < 4.78 is -3.82. The van der Waals surface area contributed by atoms with Crippen molar-refractivity contribution in [3.63, 3.8) is 0 Å². The Morgan fingerprint density at radius 3 is 1.73 bits per heavy atom. The molecule has 1 N–H and O–H groups in total. The zero-order valence-corrected chi connectivity index (χ0v) is 15.6. The molecule has 2 rings (SSSR count). The first-order chi connectivity index (χ1) is 10.1. The molecule has 0 aliphatic heterocycles. The van der Waals surface area contributed by atoms with Crippen LogP contribution >= 0.6 is 81.2 Å². The predicted molar refractivity (Wildman–Crippen MR) is 93.0 cm³/mol. The molecule has 1 aromatic carbocycles. The molecule has 22 heavy (non-hydrogen) atoms. The lowest BCUT2D eigenvalue weighted by Crippen LogP contribution is -2.17. The Morgan fingerprint density at radius 1 is 0.773 bits per heavy atom. The van der Waals surface area contributed by atoms with E-state index in [1.165, 1.54) is 0 Å². The van der Waals surface area contributed by atoms with Crippen molar-refractivity contribution in [1.82, 2.24) is 15.0 Å². The minimum atomic E-state index is -1.91. The SMILES string of the molecule is Clc1ccccc1Nc1nc(C(Cl)(Cl)Cl)nc(C(Cl)(Cl)Cl)n1. The standard InChI is InChI=1S/C11H5Cl7N4/c12-5-3-1-2-4-6(5)19-9-21-7(10(13,14)15)20-8(22-9)11(16,17)18/h1-4H,(H,19,20,21,22). The molecular weight excluding hydrogens is 436 g/mol. The van der Waals surface area contributed by atoms with Gasteiger partial charge in [0.25, 0.3) is 0 Å². The van der Waals surface area contributed by atoms with E-state index in [2.05, 4.69) is 20.3 Å². The highest BCUT2D eigenvalue weighted by Gasteiger charge is 2.33. The number of rotatable bonds is 2. The Labute approximate surface area is 161 Å². The molecule has 1 heterocycles. The lowest BCUT2D eigenvalue weighted by atomic mass is 10.3. The zero-order valence-electron chi connectivity index (χ0n) is 10.3. The van der Waals surface area contributed by atoms with Crippen LogP contribution in [0.3, 0.4) is 0 Å². The van der Waals surface area contributed by atoms with Crippen molar-refractivity contribution in [2.24, 2.45) is 0 Å². The first kappa shape index (κ1) is 18.4. The molecule has 2 aromatic rings. The van der Waals surface area contributed by atoms with Crippen LogP contribution in [-0.2, 0) is 7.59 Å². The van der Waals surface area contributed by atoms with E-state index in [1.54, 1.807) is 24.3 Å². The van der Waals surface area contributed by atoms with Crippen LogP contribution in [0.2, 0.25) is 5.02 Å². The number of hydrogen-bond acceptors (Lipinski definition) is 4. The van der Waals surface area contributed by atoms with Crippen LogP contribution in [0.4, 0.5) is 11.6 Å². The Hall–Kier alpha value is 0.0600. The molecule has 0 bridgehead atoms. The van der Waals surface area contributed by atoms with Crippen LogP contribution in [0, 0.1) is 0 Å². The maximum Gasteiger partial charge on any atom is 0.250 e. The average Bonchev–Trinajstić information content (AvgIpc) is 2.39. The fraction of sp³-hybridized carbons (Fsp3) is 0.182. The summed E-state index contributed by atoms with van der Waals surface area (Å²) in [7, 11) is 0. The number of anilines is 2. The summed E-state index contributed by atoms with van der Waals surface area (Å²) in [4.78, 5) is 11.8. The van der Waals surface area contributed by atoms with Gasteiger partial charge in [-0.05, 0) is 12.1 Å². The number of benzene rings is 1. The molecule has 0 amide bonds. The van der Waals surface area contributed by atoms with Crippen LogP contribution < -0.4 is 5.32 Å². The molecule has 0 saturated carbocycles. The largest absolute Gasteiger partial charge is 0.323 e. The van der Waals surface area contributed by atoms with Gasteiger partial charge in [0.05, 0.1) is 10.7 Å². The maximum atomic E-state index is 6.04. The Bertz CT molecular complexity index is 649. The van der Waals surface area contributed by atoms with Crippen molar-refractivity contribution >= 4 is 92.8 Å². The van der Waals surface area contributed by atoms with E-state index in [0.29, 0.717) is 10.7 Å². The third-order valence-corrected chi connectivity index (χ3v) is 3.61. The van der Waals surface area contributed by atoms with E-state index in [0.717, 1.165) is 0 Å². The number of alkyl halides is 6. The predicted octanol–water partition coefficient (Wildman–Crippen LogP) is 5.92. The maximum absolute atomic E-state index is 6.04. The highest BCUT2D eigenvalue weighted by Crippen LogP contribution is 2.40. The fourth-order valence-electron chi connectivity index (χ4n) is 1.37. The zero-order chi connectivity index (χ0) is 16.5. The molecule has 0 fully saturated rings. The van der Waals surface area contributed by atoms with Gasteiger partial charge in [-0.25, -0.2) is 4.98 Å². The molecule has 0 aliphatic rings. The summed E-state index contributed by atoms with van der Waals surface area (Å²) in [5.74, 6) is -0.363. The normalized spacial score (nSPS) is 12.3. The number of hydrogen-bond donors (Lipinski definition) is 1. The van der Waals surface area contributed by atoms with Crippen molar-refractivity contribution in [3.05, 3.63) is 40.9 Å². The Morgan fingerprint density at radius 2 is 1.27 bits per heavy atom. The lowest BCUT2D eigenvalue weighted by molar-refractivity contribution is 0.851. The quantitative estimate of drug-likeness (QED) is 0.588. The molecule has 11 heteroatoms. The second-order valence-corrected chi connectivity index (χ2v) is 8.88. The molecular formula is C11H5Cl7N4. The van der Waals surface area contributed by atoms with Gasteiger partial charge in [0.1, 0.15) is 0 Å². The van der Waals surface area contributed by atoms with Gasteiger partial charge in [0.15, 0.2) is 11.6 Å². The lowest BCUT2D eigenvalue weighted by Gasteiger charge is -2.16. The molecule has 0 unspecified atom stereocenters. The van der Waals surface area contributed by atoms with Crippen molar-refractivity contribution in [1.29, 1.82) is 0 Å². The van der Waals surface area contributed by atoms with E-state index in [1.807, 2.05) is 0 Å². The van der Waals surface area contributed by atoms with E-state index in [9.17, 15) is 0 Å². The van der Waals surface area contributed by atoms with Gasteiger partial charge in [-0.2, -0.15) is 9.97 Å². The van der Waals surface area contributed by atoms with Crippen LogP contribution in [0.1, 0.15) is 11.6 Å². The summed E-state index contributed by atoms with van der Waals surface area (Å²) >= 11 is 40.7. The number of halogens is 7. The van der Waals surface area contributed by atoms with Crippen molar-refractivity contribution in [3.8, 4) is 0 Å². The molecule has 1 aromatic heterocycles. The van der Waals surface area contributed by atoms with Crippen molar-refractivity contribution in [2.75, 3.05) is 5.32 Å².